The van der Waals surface area contributed by atoms with Gasteiger partial charge in [-0.2, -0.15) is 5.06 Å². The van der Waals surface area contributed by atoms with Crippen LogP contribution in [0.2, 0.25) is 0 Å². The van der Waals surface area contributed by atoms with E-state index in [0.717, 1.165) is 6.42 Å². The van der Waals surface area contributed by atoms with Crippen LogP contribution in [-0.2, 0) is 9.63 Å². The van der Waals surface area contributed by atoms with Gasteiger partial charge in [0, 0.05) is 13.6 Å². The zero-order chi connectivity index (χ0) is 11.7. The Bertz CT molecular complexity index is 309. The van der Waals surface area contributed by atoms with Crippen molar-refractivity contribution in [2.45, 2.75) is 24.9 Å². The first-order chi connectivity index (χ1) is 7.69. The Kier molecular flexibility index (Phi) is 2.97. The van der Waals surface area contributed by atoms with Crippen molar-refractivity contribution < 1.29 is 14.4 Å². The molecule has 0 aromatic heterocycles. The summed E-state index contributed by atoms with van der Waals surface area (Å²) in [6.45, 7) is 0.564. The van der Waals surface area contributed by atoms with E-state index in [1.165, 1.54) is 12.2 Å². The van der Waals surface area contributed by atoms with Gasteiger partial charge in [-0.3, -0.25) is 15.1 Å². The number of fused-ring (bicyclic) bond motifs is 2. The van der Waals surface area contributed by atoms with E-state index in [1.54, 1.807) is 11.9 Å². The normalized spacial score (nSPS) is 28.5. The first-order valence-electron chi connectivity index (χ1n) is 5.29. The lowest BCUT2D eigenvalue weighted by atomic mass is 10.0. The van der Waals surface area contributed by atoms with Crippen LogP contribution < -0.4 is 10.9 Å². The van der Waals surface area contributed by atoms with Gasteiger partial charge in [0.1, 0.15) is 6.04 Å². The Morgan fingerprint density at radius 3 is 2.88 bits per heavy atom. The van der Waals surface area contributed by atoms with Crippen molar-refractivity contribution in [3.05, 3.63) is 0 Å². The van der Waals surface area contributed by atoms with Gasteiger partial charge in [-0.15, -0.1) is 0 Å². The van der Waals surface area contributed by atoms with Crippen LogP contribution in [0.4, 0.5) is 4.79 Å². The summed E-state index contributed by atoms with van der Waals surface area (Å²) in [7, 11) is 3.10. The molecule has 3 amide bonds. The number of rotatable bonds is 3. The third-order valence-corrected chi connectivity index (χ3v) is 3.07. The maximum absolute atomic E-state index is 11.9. The fourth-order valence-corrected chi connectivity index (χ4v) is 2.34. The van der Waals surface area contributed by atoms with Crippen molar-refractivity contribution in [1.29, 1.82) is 0 Å². The number of piperidine rings is 1. The van der Waals surface area contributed by atoms with Gasteiger partial charge in [-0.1, -0.05) is 0 Å². The molecule has 2 saturated heterocycles. The number of nitrogens with zero attached hydrogens (tertiary/aromatic N) is 2. The third kappa shape index (κ3) is 1.61. The van der Waals surface area contributed by atoms with Crippen molar-refractivity contribution >= 4 is 11.9 Å². The van der Waals surface area contributed by atoms with Gasteiger partial charge in [0.25, 0.3) is 5.91 Å². The molecule has 2 atom stereocenters. The van der Waals surface area contributed by atoms with E-state index < -0.39 is 6.04 Å². The van der Waals surface area contributed by atoms with Crippen molar-refractivity contribution in [3.63, 3.8) is 0 Å². The fourth-order valence-electron chi connectivity index (χ4n) is 2.34. The molecular formula is C9H16N4O3. The molecule has 0 spiro atoms. The van der Waals surface area contributed by atoms with Gasteiger partial charge in [0.05, 0.1) is 13.2 Å². The predicted molar refractivity (Wildman–Crippen MR) is 55.0 cm³/mol. The summed E-state index contributed by atoms with van der Waals surface area (Å²) in [5, 5.41) is 1.35. The molecule has 0 aromatic rings. The van der Waals surface area contributed by atoms with Crippen molar-refractivity contribution in [1.82, 2.24) is 20.8 Å². The third-order valence-electron chi connectivity index (χ3n) is 3.07. The lowest BCUT2D eigenvalue weighted by molar-refractivity contribution is -0.127. The Balaban J connectivity index is 2.10. The van der Waals surface area contributed by atoms with Gasteiger partial charge < -0.3 is 4.90 Å². The van der Waals surface area contributed by atoms with Crippen LogP contribution in [0.1, 0.15) is 12.8 Å². The van der Waals surface area contributed by atoms with E-state index >= 15 is 0 Å². The molecule has 2 rings (SSSR count). The Morgan fingerprint density at radius 1 is 1.50 bits per heavy atom. The van der Waals surface area contributed by atoms with Gasteiger partial charge in [-0.05, 0) is 12.8 Å². The number of nitrogens with one attached hydrogen (secondary N) is 2. The summed E-state index contributed by atoms with van der Waals surface area (Å²) < 4.78 is 0. The molecule has 90 valence electrons. The van der Waals surface area contributed by atoms with Gasteiger partial charge in [0.2, 0.25) is 0 Å². The quantitative estimate of drug-likeness (QED) is 0.612. The second kappa shape index (κ2) is 4.26. The van der Waals surface area contributed by atoms with Crippen LogP contribution in [0.15, 0.2) is 0 Å². The molecule has 0 aromatic carbocycles. The Morgan fingerprint density at radius 2 is 2.25 bits per heavy atom. The number of urea groups is 1. The monoisotopic (exact) mass is 228 g/mol. The first-order valence-corrected chi connectivity index (χ1v) is 5.29. The van der Waals surface area contributed by atoms with Crippen molar-refractivity contribution in [3.8, 4) is 0 Å². The molecule has 2 aliphatic heterocycles. The summed E-state index contributed by atoms with van der Waals surface area (Å²) in [6, 6.07) is -0.534. The number of hydrogen-bond acceptors (Lipinski definition) is 4. The van der Waals surface area contributed by atoms with E-state index in [2.05, 4.69) is 10.9 Å². The molecule has 2 unspecified atom stereocenters. The molecule has 0 aliphatic carbocycles. The van der Waals surface area contributed by atoms with E-state index in [0.29, 0.717) is 13.0 Å². The van der Waals surface area contributed by atoms with Crippen LogP contribution in [0.25, 0.3) is 0 Å². The highest BCUT2D eigenvalue weighted by molar-refractivity contribution is 5.88. The summed E-state index contributed by atoms with van der Waals surface area (Å²) in [5.74, 6) is -0.174. The minimum atomic E-state index is -0.392. The van der Waals surface area contributed by atoms with Crippen molar-refractivity contribution in [2.75, 3.05) is 20.7 Å². The number of carbonyl (C=O) groups excluding carboxylic acids is 2. The second-order valence-electron chi connectivity index (χ2n) is 3.93. The fraction of sp³-hybridized carbons (Fsp3) is 0.778. The molecule has 7 heteroatoms. The lowest BCUT2D eigenvalue weighted by Gasteiger charge is -2.28. The smallest absolute Gasteiger partial charge is 0.309 e. The Hall–Kier alpha value is -1.34. The average Bonchev–Trinajstić information content (AvgIpc) is 2.52. The minimum Gasteiger partial charge on any atom is -0.309 e. The zero-order valence-electron chi connectivity index (χ0n) is 9.40. The average molecular weight is 228 g/mol. The zero-order valence-corrected chi connectivity index (χ0v) is 9.40. The molecule has 2 N–H and O–H groups in total. The second-order valence-corrected chi connectivity index (χ2v) is 3.93. The predicted octanol–water partition coefficient (Wildman–Crippen LogP) is -0.933. The van der Waals surface area contributed by atoms with Gasteiger partial charge in [0.15, 0.2) is 0 Å². The number of hydrazine groups is 1. The molecule has 2 bridgehead atoms. The van der Waals surface area contributed by atoms with E-state index in [-0.39, 0.29) is 18.0 Å². The topological polar surface area (TPSA) is 73.9 Å². The van der Waals surface area contributed by atoms with Crippen molar-refractivity contribution in [2.24, 2.45) is 0 Å². The first kappa shape index (κ1) is 11.2. The van der Waals surface area contributed by atoms with Gasteiger partial charge >= 0.3 is 6.03 Å². The van der Waals surface area contributed by atoms with E-state index in [1.807, 2.05) is 0 Å². The number of hydrogen-bond donors (Lipinski definition) is 2. The number of hydroxylamine groups is 2. The number of carbonyl (C=O) groups is 2. The van der Waals surface area contributed by atoms with Crippen LogP contribution in [0.5, 0.6) is 0 Å². The largest absolute Gasteiger partial charge is 0.345 e. The van der Waals surface area contributed by atoms with E-state index in [9.17, 15) is 9.59 Å². The number of amides is 3. The maximum atomic E-state index is 11.9. The molecule has 0 radical (unpaired) electrons. The minimum absolute atomic E-state index is 0.0798. The highest BCUT2D eigenvalue weighted by atomic mass is 16.7. The maximum Gasteiger partial charge on any atom is 0.345 e. The van der Waals surface area contributed by atoms with Crippen LogP contribution in [0, 0.1) is 0 Å². The highest BCUT2D eigenvalue weighted by Gasteiger charge is 2.47. The summed E-state index contributed by atoms with van der Waals surface area (Å²) >= 11 is 0. The molecule has 16 heavy (non-hydrogen) atoms. The van der Waals surface area contributed by atoms with E-state index in [4.69, 9.17) is 4.84 Å². The van der Waals surface area contributed by atoms with Crippen LogP contribution in [-0.4, -0.2) is 54.7 Å². The molecule has 2 aliphatic rings. The lowest BCUT2D eigenvalue weighted by Crippen LogP contribution is -2.52. The molecule has 7 nitrogen and oxygen atoms in total. The molecule has 2 fully saturated rings. The Labute approximate surface area is 93.6 Å². The highest BCUT2D eigenvalue weighted by Crippen LogP contribution is 2.29. The van der Waals surface area contributed by atoms with Crippen LogP contribution in [0.3, 0.4) is 0 Å². The summed E-state index contributed by atoms with van der Waals surface area (Å²) in [4.78, 5) is 30.1. The standard InChI is InChI=1S/C9H16N4O3/c1-10-11-8(14)7-4-3-6-5-12(7)9(15)13(6)16-2/h6-7,10H,3-5H2,1-2H3,(H,11,14). The SMILES string of the molecule is CNNC(=O)C1CCC2CN1C(=O)N2OC. The molecular weight excluding hydrogens is 212 g/mol. The molecule has 0 saturated carbocycles. The summed E-state index contributed by atoms with van der Waals surface area (Å²) in [6.07, 6.45) is 1.46. The van der Waals surface area contributed by atoms with Gasteiger partial charge in [-0.25, -0.2) is 10.2 Å². The van der Waals surface area contributed by atoms with Crippen LogP contribution >= 0.6 is 0 Å². The molecule has 2 heterocycles. The summed E-state index contributed by atoms with van der Waals surface area (Å²) in [5.41, 5.74) is 5.09.